The van der Waals surface area contributed by atoms with E-state index in [1.54, 1.807) is 11.3 Å². The largest absolute Gasteiger partial charge is 0.364 e. The van der Waals surface area contributed by atoms with Gasteiger partial charge in [-0.3, -0.25) is 15.1 Å². The third-order valence-corrected chi connectivity index (χ3v) is 3.92. The number of nitrogens with zero attached hydrogens (tertiary/aromatic N) is 1. The maximum Gasteiger partial charge on any atom is 0.263 e. The Hall–Kier alpha value is -0.950. The molecule has 1 aliphatic rings. The first-order valence-corrected chi connectivity index (χ1v) is 6.94. The summed E-state index contributed by atoms with van der Waals surface area (Å²) in [5.74, 6) is 4.88. The Morgan fingerprint density at radius 1 is 1.67 bits per heavy atom. The molecule has 0 aliphatic carbocycles. The zero-order chi connectivity index (χ0) is 13.0. The van der Waals surface area contributed by atoms with Crippen LogP contribution in [0.4, 0.5) is 0 Å². The lowest BCUT2D eigenvalue weighted by atomic mass is 10.2. The van der Waals surface area contributed by atoms with Crippen molar-refractivity contribution in [3.8, 4) is 0 Å². The quantitative estimate of drug-likeness (QED) is 0.469. The number of hydrogen-bond donors (Lipinski definition) is 2. The van der Waals surface area contributed by atoms with Gasteiger partial charge in [-0.1, -0.05) is 6.07 Å². The van der Waals surface area contributed by atoms with E-state index in [0.29, 0.717) is 0 Å². The number of rotatable bonds is 5. The summed E-state index contributed by atoms with van der Waals surface area (Å²) in [6.07, 6.45) is 1.40. The van der Waals surface area contributed by atoms with Crippen molar-refractivity contribution in [2.24, 2.45) is 5.84 Å². The number of nitrogens with one attached hydrogen (secondary N) is 1. The summed E-state index contributed by atoms with van der Waals surface area (Å²) in [5.41, 5.74) is 2.14. The van der Waals surface area contributed by atoms with E-state index in [4.69, 9.17) is 10.6 Å². The van der Waals surface area contributed by atoms with Gasteiger partial charge in [0.25, 0.3) is 5.91 Å². The van der Waals surface area contributed by atoms with Gasteiger partial charge >= 0.3 is 0 Å². The predicted octanol–water partition coefficient (Wildman–Crippen LogP) is 0.717. The standard InChI is InChI=1S/C12H19N3O2S/c1-15(8-10-3-2-6-18-10)7-9-4-5-11(17-9)12(16)14-13/h2-3,6,9,11H,4-5,7-8,13H2,1H3,(H,14,16). The molecule has 3 N–H and O–H groups in total. The fraction of sp³-hybridized carbons (Fsp3) is 0.583. The molecule has 2 rings (SSSR count). The highest BCUT2D eigenvalue weighted by Gasteiger charge is 2.30. The fourth-order valence-electron chi connectivity index (χ4n) is 2.21. The Morgan fingerprint density at radius 2 is 2.50 bits per heavy atom. The maximum atomic E-state index is 11.3. The van der Waals surface area contributed by atoms with Gasteiger partial charge in [0, 0.05) is 18.0 Å². The zero-order valence-corrected chi connectivity index (χ0v) is 11.3. The molecule has 100 valence electrons. The third kappa shape index (κ3) is 3.52. The average Bonchev–Trinajstić information content (AvgIpc) is 2.99. The van der Waals surface area contributed by atoms with E-state index in [-0.39, 0.29) is 18.1 Å². The number of likely N-dealkylation sites (N-methyl/N-ethyl adjacent to an activating group) is 1. The molecule has 1 fully saturated rings. The lowest BCUT2D eigenvalue weighted by Gasteiger charge is -2.20. The van der Waals surface area contributed by atoms with Crippen molar-refractivity contribution in [1.29, 1.82) is 0 Å². The molecule has 0 aromatic carbocycles. The second-order valence-corrected chi connectivity index (χ2v) is 5.64. The maximum absolute atomic E-state index is 11.3. The molecule has 1 aromatic rings. The van der Waals surface area contributed by atoms with E-state index in [0.717, 1.165) is 25.9 Å². The molecule has 1 saturated heterocycles. The summed E-state index contributed by atoms with van der Waals surface area (Å²) in [5, 5.41) is 2.08. The summed E-state index contributed by atoms with van der Waals surface area (Å²) in [6, 6.07) is 4.18. The lowest BCUT2D eigenvalue weighted by molar-refractivity contribution is -0.132. The summed E-state index contributed by atoms with van der Waals surface area (Å²) >= 11 is 1.76. The second kappa shape index (κ2) is 6.29. The molecule has 0 bridgehead atoms. The van der Waals surface area contributed by atoms with Gasteiger partial charge in [-0.25, -0.2) is 5.84 Å². The average molecular weight is 269 g/mol. The number of nitrogens with two attached hydrogens (primary N) is 1. The summed E-state index contributed by atoms with van der Waals surface area (Å²) in [4.78, 5) is 14.9. The van der Waals surface area contributed by atoms with Crippen molar-refractivity contribution < 1.29 is 9.53 Å². The van der Waals surface area contributed by atoms with Gasteiger partial charge in [0.1, 0.15) is 6.10 Å². The van der Waals surface area contributed by atoms with E-state index in [1.165, 1.54) is 4.88 Å². The molecule has 0 spiro atoms. The first-order valence-electron chi connectivity index (χ1n) is 6.06. The number of carbonyl (C=O) groups excluding carboxylic acids is 1. The number of ether oxygens (including phenoxy) is 1. The molecule has 2 heterocycles. The Kier molecular flexibility index (Phi) is 4.71. The molecule has 5 nitrogen and oxygen atoms in total. The van der Waals surface area contributed by atoms with E-state index in [9.17, 15) is 4.79 Å². The minimum Gasteiger partial charge on any atom is -0.364 e. The van der Waals surface area contributed by atoms with E-state index in [2.05, 4.69) is 34.9 Å². The van der Waals surface area contributed by atoms with Gasteiger partial charge in [-0.15, -0.1) is 11.3 Å². The first-order chi connectivity index (χ1) is 8.69. The number of amides is 1. The molecular formula is C12H19N3O2S. The van der Waals surface area contributed by atoms with Crippen LogP contribution in [0.2, 0.25) is 0 Å². The van der Waals surface area contributed by atoms with Crippen LogP contribution < -0.4 is 11.3 Å². The number of hydrazine groups is 1. The minimum atomic E-state index is -0.380. The molecular weight excluding hydrogens is 250 g/mol. The molecule has 1 aromatic heterocycles. The fourth-order valence-corrected chi connectivity index (χ4v) is 2.99. The summed E-state index contributed by atoms with van der Waals surface area (Å²) in [7, 11) is 2.07. The molecule has 0 radical (unpaired) electrons. The SMILES string of the molecule is CN(Cc1cccs1)CC1CCC(C(=O)NN)O1. The molecule has 1 amide bonds. The molecule has 0 saturated carbocycles. The lowest BCUT2D eigenvalue weighted by Crippen LogP contribution is -2.39. The van der Waals surface area contributed by atoms with Crippen LogP contribution in [0.1, 0.15) is 17.7 Å². The van der Waals surface area contributed by atoms with Crippen molar-refractivity contribution in [3.05, 3.63) is 22.4 Å². The van der Waals surface area contributed by atoms with Gasteiger partial charge in [0.15, 0.2) is 0 Å². The molecule has 2 unspecified atom stereocenters. The van der Waals surface area contributed by atoms with Crippen LogP contribution in [0.25, 0.3) is 0 Å². The van der Waals surface area contributed by atoms with E-state index in [1.807, 2.05) is 0 Å². The zero-order valence-electron chi connectivity index (χ0n) is 10.5. The van der Waals surface area contributed by atoms with Crippen molar-refractivity contribution in [1.82, 2.24) is 10.3 Å². The molecule has 2 atom stereocenters. The Labute approximate surface area is 111 Å². The van der Waals surface area contributed by atoms with Crippen LogP contribution in [0.15, 0.2) is 17.5 Å². The van der Waals surface area contributed by atoms with Gasteiger partial charge in [0.2, 0.25) is 0 Å². The monoisotopic (exact) mass is 269 g/mol. The van der Waals surface area contributed by atoms with Gasteiger partial charge in [0.05, 0.1) is 6.10 Å². The minimum absolute atomic E-state index is 0.122. The molecule has 1 aliphatic heterocycles. The summed E-state index contributed by atoms with van der Waals surface area (Å²) < 4.78 is 5.67. The van der Waals surface area contributed by atoms with Crippen LogP contribution >= 0.6 is 11.3 Å². The smallest absolute Gasteiger partial charge is 0.263 e. The third-order valence-electron chi connectivity index (χ3n) is 3.06. The summed E-state index contributed by atoms with van der Waals surface area (Å²) in [6.45, 7) is 1.76. The van der Waals surface area contributed by atoms with Crippen molar-refractivity contribution in [2.45, 2.75) is 31.6 Å². The van der Waals surface area contributed by atoms with Crippen LogP contribution in [0, 0.1) is 0 Å². The normalized spacial score (nSPS) is 23.5. The van der Waals surface area contributed by atoms with Crippen molar-refractivity contribution >= 4 is 17.2 Å². The highest BCUT2D eigenvalue weighted by Crippen LogP contribution is 2.21. The highest BCUT2D eigenvalue weighted by molar-refractivity contribution is 7.09. The van der Waals surface area contributed by atoms with Crippen LogP contribution in [0.3, 0.4) is 0 Å². The number of thiophene rings is 1. The van der Waals surface area contributed by atoms with Gasteiger partial charge in [-0.05, 0) is 31.3 Å². The van der Waals surface area contributed by atoms with Gasteiger partial charge in [-0.2, -0.15) is 0 Å². The Morgan fingerprint density at radius 3 is 3.17 bits per heavy atom. The Bertz CT molecular complexity index is 383. The first kappa shape index (κ1) is 13.5. The van der Waals surface area contributed by atoms with Crippen molar-refractivity contribution in [3.63, 3.8) is 0 Å². The van der Waals surface area contributed by atoms with Crippen LogP contribution in [0.5, 0.6) is 0 Å². The van der Waals surface area contributed by atoms with Crippen LogP contribution in [-0.4, -0.2) is 36.6 Å². The van der Waals surface area contributed by atoms with Gasteiger partial charge < -0.3 is 4.74 Å². The molecule has 6 heteroatoms. The topological polar surface area (TPSA) is 67.6 Å². The van der Waals surface area contributed by atoms with Crippen LogP contribution in [-0.2, 0) is 16.1 Å². The van der Waals surface area contributed by atoms with E-state index < -0.39 is 0 Å². The number of hydrogen-bond acceptors (Lipinski definition) is 5. The van der Waals surface area contributed by atoms with Crippen molar-refractivity contribution in [2.75, 3.05) is 13.6 Å². The highest BCUT2D eigenvalue weighted by atomic mass is 32.1. The second-order valence-electron chi connectivity index (χ2n) is 4.61. The molecule has 18 heavy (non-hydrogen) atoms. The Balaban J connectivity index is 1.75. The number of carbonyl (C=O) groups is 1. The predicted molar refractivity (Wildman–Crippen MR) is 70.9 cm³/mol. The van der Waals surface area contributed by atoms with E-state index >= 15 is 0 Å².